The number of hydrogen-bond donors (Lipinski definition) is 0. The number of hydrogen-bond acceptors (Lipinski definition) is 4. The molecule has 0 saturated carbocycles. The lowest BCUT2D eigenvalue weighted by Crippen LogP contribution is -2.13. The highest BCUT2D eigenvalue weighted by Crippen LogP contribution is 2.18. The van der Waals surface area contributed by atoms with Crippen molar-refractivity contribution in [2.24, 2.45) is 0 Å². The second kappa shape index (κ2) is 6.68. The molecule has 4 heteroatoms. The summed E-state index contributed by atoms with van der Waals surface area (Å²) in [4.78, 5) is 13.8. The number of carbonyl (C=O) groups is 1. The summed E-state index contributed by atoms with van der Waals surface area (Å²) in [5.74, 6) is 0.580. The molecular formula is C16H14O2S2. The number of carbonyl (C=O) groups excluding carboxylic acids is 1. The Morgan fingerprint density at radius 2 is 1.55 bits per heavy atom. The van der Waals surface area contributed by atoms with E-state index in [0.29, 0.717) is 10.4 Å². The van der Waals surface area contributed by atoms with Crippen molar-refractivity contribution >= 4 is 34.6 Å². The maximum absolute atomic E-state index is 12.3. The number of thiocarbonyl (C=S) groups is 1. The fourth-order valence-electron chi connectivity index (χ4n) is 1.75. The van der Waals surface area contributed by atoms with Gasteiger partial charge in [-0.25, -0.2) is 0 Å². The summed E-state index contributed by atoms with van der Waals surface area (Å²) in [7, 11) is 1.59. The second-order valence-electron chi connectivity index (χ2n) is 4.12. The summed E-state index contributed by atoms with van der Waals surface area (Å²) in [5, 5.41) is 0. The van der Waals surface area contributed by atoms with E-state index in [1.54, 1.807) is 43.1 Å². The molecule has 0 aliphatic heterocycles. The molecule has 0 aromatic heterocycles. The van der Waals surface area contributed by atoms with E-state index in [0.717, 1.165) is 16.2 Å². The van der Waals surface area contributed by atoms with Crippen molar-refractivity contribution in [1.29, 1.82) is 0 Å². The van der Waals surface area contributed by atoms with E-state index in [1.165, 1.54) is 0 Å². The van der Waals surface area contributed by atoms with Gasteiger partial charge in [-0.2, -0.15) is 0 Å². The summed E-state index contributed by atoms with van der Waals surface area (Å²) < 4.78 is 5.07. The topological polar surface area (TPSA) is 26.3 Å². The van der Waals surface area contributed by atoms with Crippen molar-refractivity contribution in [1.82, 2.24) is 0 Å². The van der Waals surface area contributed by atoms with Crippen LogP contribution in [0.3, 0.4) is 0 Å². The van der Waals surface area contributed by atoms with Gasteiger partial charge >= 0.3 is 0 Å². The third-order valence-corrected chi connectivity index (χ3v) is 4.08. The highest BCUT2D eigenvalue weighted by atomic mass is 32.2. The first-order valence-corrected chi connectivity index (χ1v) is 7.66. The fraction of sp³-hybridized carbons (Fsp3) is 0.125. The van der Waals surface area contributed by atoms with E-state index in [-0.39, 0.29) is 5.78 Å². The van der Waals surface area contributed by atoms with E-state index >= 15 is 0 Å². The molecule has 0 aliphatic carbocycles. The van der Waals surface area contributed by atoms with Crippen LogP contribution in [0.5, 0.6) is 5.75 Å². The molecule has 2 aromatic rings. The third-order valence-electron chi connectivity index (χ3n) is 2.91. The molecule has 2 nitrogen and oxygen atoms in total. The van der Waals surface area contributed by atoms with Crippen molar-refractivity contribution in [3.05, 3.63) is 59.7 Å². The molecule has 0 heterocycles. The van der Waals surface area contributed by atoms with Gasteiger partial charge in [-0.3, -0.25) is 4.79 Å². The molecule has 0 bridgehead atoms. The van der Waals surface area contributed by atoms with E-state index < -0.39 is 0 Å². The first-order chi connectivity index (χ1) is 9.65. The molecule has 0 N–H and O–H groups in total. The minimum absolute atomic E-state index is 0.139. The fourth-order valence-corrected chi connectivity index (χ4v) is 2.41. The molecule has 0 amide bonds. The number of ether oxygens (including phenoxy) is 1. The van der Waals surface area contributed by atoms with Gasteiger partial charge in [0.05, 0.1) is 12.0 Å². The van der Waals surface area contributed by atoms with Gasteiger partial charge in [0.15, 0.2) is 0 Å². The van der Waals surface area contributed by atoms with E-state index in [4.69, 9.17) is 17.0 Å². The van der Waals surface area contributed by atoms with E-state index in [9.17, 15) is 4.79 Å². The van der Waals surface area contributed by atoms with Gasteiger partial charge in [-0.05, 0) is 48.2 Å². The molecule has 20 heavy (non-hydrogen) atoms. The molecule has 0 atom stereocenters. The monoisotopic (exact) mass is 302 g/mol. The maximum atomic E-state index is 12.3. The SMILES string of the molecule is COc1ccc(C(=O)C(=S)c2ccc(SC)cc2)cc1. The minimum atomic E-state index is -0.139. The summed E-state index contributed by atoms with van der Waals surface area (Å²) in [6, 6.07) is 14.7. The molecule has 0 spiro atoms. The predicted molar refractivity (Wildman–Crippen MR) is 87.2 cm³/mol. The highest BCUT2D eigenvalue weighted by Gasteiger charge is 2.14. The summed E-state index contributed by atoms with van der Waals surface area (Å²) in [6.45, 7) is 0. The number of ketones is 1. The minimum Gasteiger partial charge on any atom is -0.497 e. The summed E-state index contributed by atoms with van der Waals surface area (Å²) >= 11 is 6.93. The van der Waals surface area contributed by atoms with Crippen LogP contribution in [0.1, 0.15) is 15.9 Å². The van der Waals surface area contributed by atoms with Crippen LogP contribution < -0.4 is 4.74 Å². The molecule has 102 valence electrons. The van der Waals surface area contributed by atoms with Crippen molar-refractivity contribution in [3.63, 3.8) is 0 Å². The zero-order valence-electron chi connectivity index (χ0n) is 11.3. The van der Waals surface area contributed by atoms with Gasteiger partial charge in [0.25, 0.3) is 0 Å². The van der Waals surface area contributed by atoms with Crippen LogP contribution in [0.25, 0.3) is 0 Å². The van der Waals surface area contributed by atoms with Gasteiger partial charge in [0.2, 0.25) is 5.78 Å². The highest BCUT2D eigenvalue weighted by molar-refractivity contribution is 7.98. The van der Waals surface area contributed by atoms with Gasteiger partial charge in [-0.15, -0.1) is 11.8 Å². The maximum Gasteiger partial charge on any atom is 0.204 e. The molecule has 0 unspecified atom stereocenters. The normalized spacial score (nSPS) is 10.1. The lowest BCUT2D eigenvalue weighted by molar-refractivity contribution is 0.106. The molecule has 2 rings (SSSR count). The number of Topliss-reactive ketones (excluding diaryl/α,β-unsaturated/α-hetero) is 1. The Hall–Kier alpha value is -1.65. The molecule has 0 radical (unpaired) electrons. The molecule has 0 aliphatic rings. The zero-order chi connectivity index (χ0) is 14.5. The Bertz CT molecular complexity index is 558. The summed E-state index contributed by atoms with van der Waals surface area (Å²) in [6.07, 6.45) is 2.01. The first kappa shape index (κ1) is 14.8. The lowest BCUT2D eigenvalue weighted by Gasteiger charge is -2.05. The number of methoxy groups -OCH3 is 1. The Kier molecular flexibility index (Phi) is 4.93. The molecule has 2 aromatic carbocycles. The Balaban J connectivity index is 2.20. The quantitative estimate of drug-likeness (QED) is 0.473. The van der Waals surface area contributed by atoms with Gasteiger partial charge in [0, 0.05) is 10.5 Å². The average Bonchev–Trinajstić information content (AvgIpc) is 2.53. The molecule has 0 saturated heterocycles. The standard InChI is InChI=1S/C16H14O2S2/c1-18-13-7-3-11(4-8-13)15(17)16(19)12-5-9-14(20-2)10-6-12/h3-10H,1-2H3. The molecular weight excluding hydrogens is 288 g/mol. The molecule has 0 fully saturated rings. The van der Waals surface area contributed by atoms with Crippen LogP contribution in [-0.4, -0.2) is 24.0 Å². The van der Waals surface area contributed by atoms with Crippen LogP contribution in [-0.2, 0) is 0 Å². The van der Waals surface area contributed by atoms with Crippen LogP contribution in [0.15, 0.2) is 53.4 Å². The smallest absolute Gasteiger partial charge is 0.204 e. The van der Waals surface area contributed by atoms with Crippen LogP contribution in [0.2, 0.25) is 0 Å². The van der Waals surface area contributed by atoms with Crippen molar-refractivity contribution in [3.8, 4) is 5.75 Å². The van der Waals surface area contributed by atoms with Crippen molar-refractivity contribution in [2.45, 2.75) is 4.90 Å². The largest absolute Gasteiger partial charge is 0.497 e. The van der Waals surface area contributed by atoms with Crippen LogP contribution >= 0.6 is 24.0 Å². The number of rotatable bonds is 5. The second-order valence-corrected chi connectivity index (χ2v) is 5.40. The third kappa shape index (κ3) is 3.26. The Labute approximate surface area is 128 Å². The predicted octanol–water partition coefficient (Wildman–Crippen LogP) is 4.02. The Morgan fingerprint density at radius 3 is 2.05 bits per heavy atom. The van der Waals surface area contributed by atoms with Gasteiger partial charge in [0.1, 0.15) is 5.75 Å². The van der Waals surface area contributed by atoms with Gasteiger partial charge < -0.3 is 4.74 Å². The number of thioether (sulfide) groups is 1. The van der Waals surface area contributed by atoms with E-state index in [1.807, 2.05) is 30.5 Å². The zero-order valence-corrected chi connectivity index (χ0v) is 12.9. The Morgan fingerprint density at radius 1 is 1.00 bits per heavy atom. The van der Waals surface area contributed by atoms with Crippen molar-refractivity contribution < 1.29 is 9.53 Å². The number of benzene rings is 2. The first-order valence-electron chi connectivity index (χ1n) is 6.03. The average molecular weight is 302 g/mol. The van der Waals surface area contributed by atoms with Gasteiger partial charge in [-0.1, -0.05) is 24.4 Å². The van der Waals surface area contributed by atoms with Crippen molar-refractivity contribution in [2.75, 3.05) is 13.4 Å². The van der Waals surface area contributed by atoms with Crippen LogP contribution in [0, 0.1) is 0 Å². The van der Waals surface area contributed by atoms with Crippen LogP contribution in [0.4, 0.5) is 0 Å². The summed E-state index contributed by atoms with van der Waals surface area (Å²) in [5.41, 5.74) is 1.35. The lowest BCUT2D eigenvalue weighted by atomic mass is 10.0. The van der Waals surface area contributed by atoms with E-state index in [2.05, 4.69) is 0 Å².